The Morgan fingerprint density at radius 3 is 3.00 bits per heavy atom. The predicted octanol–water partition coefficient (Wildman–Crippen LogP) is 1.94. The number of benzene rings is 1. The Morgan fingerprint density at radius 1 is 1.47 bits per heavy atom. The van der Waals surface area contributed by atoms with E-state index in [2.05, 4.69) is 15.3 Å². The van der Waals surface area contributed by atoms with E-state index in [9.17, 15) is 9.90 Å². The maximum atomic E-state index is 11.2. The van der Waals surface area contributed by atoms with Crippen LogP contribution >= 0.6 is 11.3 Å². The normalized spacial score (nSPS) is 11.0. The minimum atomic E-state index is -0.982. The van der Waals surface area contributed by atoms with Crippen LogP contribution in [0.15, 0.2) is 24.4 Å². The maximum absolute atomic E-state index is 11.2. The Hall–Kier alpha value is -2.28. The first-order chi connectivity index (χ1) is 9.15. The number of aromatic carboxylic acids is 1. The van der Waals surface area contributed by atoms with Gasteiger partial charge in [0.1, 0.15) is 16.0 Å². The minimum absolute atomic E-state index is 0.204. The number of nitrogens with zero attached hydrogens (tertiary/aromatic N) is 4. The van der Waals surface area contributed by atoms with Crippen molar-refractivity contribution in [2.75, 3.05) is 0 Å². The SMILES string of the molecule is Cc1cnc(Cn2nnc3cccc(C(=O)O)c32)s1. The van der Waals surface area contributed by atoms with Crippen LogP contribution in [0.25, 0.3) is 11.0 Å². The fourth-order valence-corrected chi connectivity index (χ4v) is 2.69. The van der Waals surface area contributed by atoms with E-state index >= 15 is 0 Å². The zero-order valence-corrected chi connectivity index (χ0v) is 10.9. The molecule has 7 heteroatoms. The summed E-state index contributed by atoms with van der Waals surface area (Å²) in [5.41, 5.74) is 1.31. The summed E-state index contributed by atoms with van der Waals surface area (Å²) in [5, 5.41) is 18.1. The molecule has 0 atom stereocenters. The fourth-order valence-electron chi connectivity index (χ4n) is 1.92. The van der Waals surface area contributed by atoms with E-state index < -0.39 is 5.97 Å². The second-order valence-electron chi connectivity index (χ2n) is 4.09. The van der Waals surface area contributed by atoms with Gasteiger partial charge in [0, 0.05) is 11.1 Å². The van der Waals surface area contributed by atoms with Crippen LogP contribution in [0.3, 0.4) is 0 Å². The van der Waals surface area contributed by atoms with Gasteiger partial charge < -0.3 is 5.11 Å². The van der Waals surface area contributed by atoms with Gasteiger partial charge in [-0.3, -0.25) is 0 Å². The first kappa shape index (κ1) is 11.8. The van der Waals surface area contributed by atoms with E-state index in [4.69, 9.17) is 0 Å². The molecule has 0 saturated carbocycles. The third-order valence-electron chi connectivity index (χ3n) is 2.72. The first-order valence-corrected chi connectivity index (χ1v) is 6.43. The molecular formula is C12H10N4O2S. The van der Waals surface area contributed by atoms with E-state index in [1.165, 1.54) is 0 Å². The number of aryl methyl sites for hydroxylation is 1. The van der Waals surface area contributed by atoms with Gasteiger partial charge in [0.05, 0.1) is 12.1 Å². The van der Waals surface area contributed by atoms with E-state index in [-0.39, 0.29) is 5.56 Å². The lowest BCUT2D eigenvalue weighted by Gasteiger charge is -2.02. The second-order valence-corrected chi connectivity index (χ2v) is 5.41. The number of rotatable bonds is 3. The predicted molar refractivity (Wildman–Crippen MR) is 70.4 cm³/mol. The van der Waals surface area contributed by atoms with E-state index in [0.29, 0.717) is 17.6 Å². The summed E-state index contributed by atoms with van der Waals surface area (Å²) in [5.74, 6) is -0.982. The van der Waals surface area contributed by atoms with E-state index in [1.54, 1.807) is 40.4 Å². The van der Waals surface area contributed by atoms with Crippen molar-refractivity contribution >= 4 is 28.3 Å². The number of para-hydroxylation sites is 1. The van der Waals surface area contributed by atoms with Crippen LogP contribution < -0.4 is 0 Å². The molecule has 0 aliphatic heterocycles. The molecule has 0 spiro atoms. The van der Waals surface area contributed by atoms with Gasteiger partial charge in [-0.1, -0.05) is 11.3 Å². The molecule has 19 heavy (non-hydrogen) atoms. The quantitative estimate of drug-likeness (QED) is 0.789. The Bertz CT molecular complexity index is 762. The molecule has 2 aromatic heterocycles. The number of fused-ring (bicyclic) bond motifs is 1. The topological polar surface area (TPSA) is 80.9 Å². The smallest absolute Gasteiger partial charge is 0.337 e. The molecule has 0 saturated heterocycles. The Kier molecular flexibility index (Phi) is 2.75. The van der Waals surface area contributed by atoms with E-state index in [0.717, 1.165) is 9.88 Å². The Labute approximate surface area is 112 Å². The van der Waals surface area contributed by atoms with Crippen molar-refractivity contribution in [1.82, 2.24) is 20.0 Å². The second kappa shape index (κ2) is 4.43. The molecule has 0 radical (unpaired) electrons. The van der Waals surface area contributed by atoms with Crippen LogP contribution in [0.1, 0.15) is 20.2 Å². The Balaban J connectivity index is 2.11. The molecule has 6 nitrogen and oxygen atoms in total. The van der Waals surface area contributed by atoms with Crippen molar-refractivity contribution in [3.63, 3.8) is 0 Å². The van der Waals surface area contributed by atoms with Crippen LogP contribution in [0.4, 0.5) is 0 Å². The lowest BCUT2D eigenvalue weighted by Crippen LogP contribution is -2.06. The van der Waals surface area contributed by atoms with Gasteiger partial charge in [-0.15, -0.1) is 16.4 Å². The van der Waals surface area contributed by atoms with Crippen LogP contribution in [0.5, 0.6) is 0 Å². The standard InChI is InChI=1S/C12H10N4O2S/c1-7-5-13-10(19-7)6-16-11-8(12(17)18)3-2-4-9(11)14-15-16/h2-5H,6H2,1H3,(H,17,18). The molecule has 96 valence electrons. The summed E-state index contributed by atoms with van der Waals surface area (Å²) in [6, 6.07) is 4.97. The lowest BCUT2D eigenvalue weighted by molar-refractivity contribution is 0.0698. The van der Waals surface area contributed by atoms with Gasteiger partial charge in [0.15, 0.2) is 0 Å². The summed E-state index contributed by atoms with van der Waals surface area (Å²) in [4.78, 5) is 16.6. The van der Waals surface area contributed by atoms with Gasteiger partial charge in [-0.2, -0.15) is 0 Å². The lowest BCUT2D eigenvalue weighted by atomic mass is 10.2. The highest BCUT2D eigenvalue weighted by Gasteiger charge is 2.15. The van der Waals surface area contributed by atoms with E-state index in [1.807, 2.05) is 6.92 Å². The molecule has 0 bridgehead atoms. The summed E-state index contributed by atoms with van der Waals surface area (Å²) in [7, 11) is 0. The largest absolute Gasteiger partial charge is 0.478 e. The van der Waals surface area contributed by atoms with Crippen molar-refractivity contribution in [3.05, 3.63) is 39.8 Å². The average molecular weight is 274 g/mol. The van der Waals surface area contributed by atoms with Crippen molar-refractivity contribution in [2.24, 2.45) is 0 Å². The number of thiazole rings is 1. The number of hydrogen-bond donors (Lipinski definition) is 1. The van der Waals surface area contributed by atoms with Crippen molar-refractivity contribution in [3.8, 4) is 0 Å². The highest BCUT2D eigenvalue weighted by molar-refractivity contribution is 7.11. The van der Waals surface area contributed by atoms with Crippen LogP contribution in [0, 0.1) is 6.92 Å². The maximum Gasteiger partial charge on any atom is 0.337 e. The monoisotopic (exact) mass is 274 g/mol. The molecule has 1 aromatic carbocycles. The summed E-state index contributed by atoms with van der Waals surface area (Å²) in [6.07, 6.45) is 1.79. The van der Waals surface area contributed by atoms with Crippen LogP contribution in [-0.4, -0.2) is 31.1 Å². The third kappa shape index (κ3) is 2.08. The van der Waals surface area contributed by atoms with Gasteiger partial charge in [0.25, 0.3) is 0 Å². The van der Waals surface area contributed by atoms with Crippen molar-refractivity contribution < 1.29 is 9.90 Å². The Morgan fingerprint density at radius 2 is 2.32 bits per heavy atom. The number of hydrogen-bond acceptors (Lipinski definition) is 5. The average Bonchev–Trinajstić information content (AvgIpc) is 2.97. The van der Waals surface area contributed by atoms with Crippen LogP contribution in [-0.2, 0) is 6.54 Å². The highest BCUT2D eigenvalue weighted by Crippen LogP contribution is 2.19. The molecule has 3 aromatic rings. The van der Waals surface area contributed by atoms with Gasteiger partial charge >= 0.3 is 5.97 Å². The van der Waals surface area contributed by atoms with Crippen molar-refractivity contribution in [1.29, 1.82) is 0 Å². The number of carboxylic acid groups (broad SMARTS) is 1. The third-order valence-corrected chi connectivity index (χ3v) is 3.62. The summed E-state index contributed by atoms with van der Waals surface area (Å²) < 4.78 is 1.58. The summed E-state index contributed by atoms with van der Waals surface area (Å²) in [6.45, 7) is 2.41. The van der Waals surface area contributed by atoms with Crippen molar-refractivity contribution in [2.45, 2.75) is 13.5 Å². The number of carbonyl (C=O) groups is 1. The van der Waals surface area contributed by atoms with Gasteiger partial charge in [-0.25, -0.2) is 14.5 Å². The molecule has 1 N–H and O–H groups in total. The molecule has 0 amide bonds. The molecule has 2 heterocycles. The molecule has 0 aliphatic carbocycles. The fraction of sp³-hybridized carbons (Fsp3) is 0.167. The first-order valence-electron chi connectivity index (χ1n) is 5.62. The van der Waals surface area contributed by atoms with Crippen LogP contribution in [0.2, 0.25) is 0 Å². The molecule has 0 aliphatic rings. The number of aromatic nitrogens is 4. The molecule has 3 rings (SSSR count). The minimum Gasteiger partial charge on any atom is -0.478 e. The highest BCUT2D eigenvalue weighted by atomic mass is 32.1. The van der Waals surface area contributed by atoms with Gasteiger partial charge in [-0.05, 0) is 19.1 Å². The van der Waals surface area contributed by atoms with Gasteiger partial charge in [0.2, 0.25) is 0 Å². The number of carboxylic acids is 1. The molecular weight excluding hydrogens is 264 g/mol. The zero-order valence-electron chi connectivity index (χ0n) is 10.1. The molecule has 0 unspecified atom stereocenters. The zero-order chi connectivity index (χ0) is 13.4. The molecule has 0 fully saturated rings. The summed E-state index contributed by atoms with van der Waals surface area (Å²) >= 11 is 1.56.